The molecule has 0 saturated heterocycles. The molecule has 0 heterocycles. The first-order chi connectivity index (χ1) is 4.22. The molecule has 0 saturated carbocycles. The molecule has 0 aliphatic rings. The molecule has 0 amide bonds. The Labute approximate surface area is 58.9 Å². The molecule has 0 bridgehead atoms. The van der Waals surface area contributed by atoms with Crippen LogP contribution in [0.1, 0.15) is 41.5 Å². The van der Waals surface area contributed by atoms with Crippen molar-refractivity contribution in [3.8, 4) is 0 Å². The second-order valence-corrected chi connectivity index (χ2v) is 2.50. The van der Waals surface area contributed by atoms with E-state index in [9.17, 15) is 4.79 Å². The van der Waals surface area contributed by atoms with Gasteiger partial charge in [-0.05, 0) is 19.8 Å². The fraction of sp³-hybridized carbons (Fsp3) is 0.875. The lowest BCUT2D eigenvalue weighted by Crippen LogP contribution is -2.08. The van der Waals surface area contributed by atoms with Gasteiger partial charge < -0.3 is 0 Å². The van der Waals surface area contributed by atoms with Gasteiger partial charge in [-0.25, -0.2) is 0 Å². The van der Waals surface area contributed by atoms with E-state index in [1.54, 1.807) is 6.92 Å². The van der Waals surface area contributed by atoms with E-state index in [1.165, 1.54) is 0 Å². The molecular formula is C8H18O. The van der Waals surface area contributed by atoms with Gasteiger partial charge in [0.15, 0.2) is 0 Å². The Kier molecular flexibility index (Phi) is 4.37. The molecule has 0 N–H and O–H groups in total. The molecule has 0 unspecified atom stereocenters. The Bertz CT molecular complexity index is 91.3. The minimum atomic E-state index is 0. The van der Waals surface area contributed by atoms with Crippen LogP contribution in [0.25, 0.3) is 0 Å². The van der Waals surface area contributed by atoms with E-state index in [4.69, 9.17) is 0 Å². The van der Waals surface area contributed by atoms with Crippen molar-refractivity contribution in [3.63, 3.8) is 0 Å². The Morgan fingerprint density at radius 3 is 2.22 bits per heavy atom. The van der Waals surface area contributed by atoms with Crippen LogP contribution in [0.3, 0.4) is 0 Å². The summed E-state index contributed by atoms with van der Waals surface area (Å²) in [7, 11) is 0. The zero-order chi connectivity index (χ0) is 7.28. The lowest BCUT2D eigenvalue weighted by atomic mass is 9.97. The van der Waals surface area contributed by atoms with Crippen LogP contribution in [0.5, 0.6) is 0 Å². The van der Waals surface area contributed by atoms with Gasteiger partial charge in [-0.2, -0.15) is 0 Å². The first-order valence-electron chi connectivity index (χ1n) is 3.72. The lowest BCUT2D eigenvalue weighted by molar-refractivity contribution is -0.121. The summed E-state index contributed by atoms with van der Waals surface area (Å²) in [6.07, 6.45) is 3.19. The number of Topliss-reactive ketones (excluding diaryl/α,β-unsaturated/α-hetero) is 1. The van der Waals surface area contributed by atoms with E-state index in [-0.39, 0.29) is 1.43 Å². The highest BCUT2D eigenvalue weighted by Gasteiger charge is 2.08. The maximum atomic E-state index is 10.8. The summed E-state index contributed by atoms with van der Waals surface area (Å²) in [5, 5.41) is 0. The predicted octanol–water partition coefficient (Wildman–Crippen LogP) is 2.65. The molecule has 1 nitrogen and oxygen atoms in total. The summed E-state index contributed by atoms with van der Waals surface area (Å²) in [6.45, 7) is 5.87. The highest BCUT2D eigenvalue weighted by Crippen LogP contribution is 2.10. The summed E-state index contributed by atoms with van der Waals surface area (Å²) in [6, 6.07) is 0. The van der Waals surface area contributed by atoms with Crippen molar-refractivity contribution < 1.29 is 6.22 Å². The highest BCUT2D eigenvalue weighted by molar-refractivity contribution is 5.78. The summed E-state index contributed by atoms with van der Waals surface area (Å²) < 4.78 is 0. The quantitative estimate of drug-likeness (QED) is 0.571. The smallest absolute Gasteiger partial charge is 0.132 e. The van der Waals surface area contributed by atoms with Gasteiger partial charge in [0.1, 0.15) is 5.78 Å². The van der Waals surface area contributed by atoms with Gasteiger partial charge in [-0.3, -0.25) is 4.79 Å². The molecule has 0 aromatic carbocycles. The van der Waals surface area contributed by atoms with E-state index < -0.39 is 0 Å². The molecule has 9 heavy (non-hydrogen) atoms. The van der Waals surface area contributed by atoms with Crippen LogP contribution < -0.4 is 0 Å². The largest absolute Gasteiger partial charge is 0.300 e. The lowest BCUT2D eigenvalue weighted by Gasteiger charge is -2.07. The second kappa shape index (κ2) is 4.54. The Morgan fingerprint density at radius 2 is 2.11 bits per heavy atom. The third-order valence-electron chi connectivity index (χ3n) is 1.70. The minimum absolute atomic E-state index is 0. The molecule has 0 aromatic rings. The average molecular weight is 130 g/mol. The fourth-order valence-corrected chi connectivity index (χ4v) is 1.04. The van der Waals surface area contributed by atoms with E-state index >= 15 is 0 Å². The van der Waals surface area contributed by atoms with Crippen molar-refractivity contribution in [2.24, 2.45) is 5.92 Å². The highest BCUT2D eigenvalue weighted by atomic mass is 16.1. The van der Waals surface area contributed by atoms with Gasteiger partial charge in [0.25, 0.3) is 0 Å². The molecule has 0 fully saturated rings. The number of hydrogen-bond acceptors (Lipinski definition) is 1. The van der Waals surface area contributed by atoms with Crippen LogP contribution in [0.2, 0.25) is 0 Å². The summed E-state index contributed by atoms with van der Waals surface area (Å²) in [5.74, 6) is 0.675. The topological polar surface area (TPSA) is 17.1 Å². The standard InChI is InChI=1S/C8H16O.H2/c1-4-6-8(5-2)7(3)9;/h8H,4-6H2,1-3H3;1H/t8-;/m1./s1. The number of carbonyl (C=O) groups excluding carboxylic acids is 1. The zero-order valence-corrected chi connectivity index (χ0v) is 6.61. The number of rotatable bonds is 4. The van der Waals surface area contributed by atoms with Gasteiger partial charge in [0.2, 0.25) is 0 Å². The predicted molar refractivity (Wildman–Crippen MR) is 41.5 cm³/mol. The molecule has 0 aliphatic carbocycles. The average Bonchev–Trinajstić information content (AvgIpc) is 1.82. The zero-order valence-electron chi connectivity index (χ0n) is 6.61. The SMILES string of the molecule is CCC[C@@H](CC)C(C)=O.[HH]. The van der Waals surface area contributed by atoms with Crippen LogP contribution >= 0.6 is 0 Å². The Morgan fingerprint density at radius 1 is 1.56 bits per heavy atom. The molecular weight excluding hydrogens is 112 g/mol. The molecule has 0 radical (unpaired) electrons. The summed E-state index contributed by atoms with van der Waals surface area (Å²) in [4.78, 5) is 10.8. The monoisotopic (exact) mass is 130 g/mol. The second-order valence-electron chi connectivity index (χ2n) is 2.50. The van der Waals surface area contributed by atoms with E-state index in [0.717, 1.165) is 19.3 Å². The van der Waals surface area contributed by atoms with Gasteiger partial charge in [-0.1, -0.05) is 20.3 Å². The maximum absolute atomic E-state index is 10.8. The molecule has 56 valence electrons. The van der Waals surface area contributed by atoms with Gasteiger partial charge in [-0.15, -0.1) is 0 Å². The van der Waals surface area contributed by atoms with Crippen molar-refractivity contribution in [2.45, 2.75) is 40.0 Å². The van der Waals surface area contributed by atoms with Crippen molar-refractivity contribution in [3.05, 3.63) is 0 Å². The first-order valence-corrected chi connectivity index (χ1v) is 3.72. The van der Waals surface area contributed by atoms with Gasteiger partial charge in [0.05, 0.1) is 0 Å². The molecule has 0 spiro atoms. The van der Waals surface area contributed by atoms with Crippen molar-refractivity contribution in [1.82, 2.24) is 0 Å². The number of carbonyl (C=O) groups is 1. The summed E-state index contributed by atoms with van der Waals surface area (Å²) >= 11 is 0. The van der Waals surface area contributed by atoms with E-state index in [1.807, 2.05) is 0 Å². The Balaban J connectivity index is 0. The number of ketones is 1. The molecule has 1 heteroatoms. The van der Waals surface area contributed by atoms with Crippen LogP contribution in [0.15, 0.2) is 0 Å². The van der Waals surface area contributed by atoms with E-state index in [0.29, 0.717) is 11.7 Å². The van der Waals surface area contributed by atoms with Crippen molar-refractivity contribution in [2.75, 3.05) is 0 Å². The minimum Gasteiger partial charge on any atom is -0.300 e. The molecule has 0 rings (SSSR count). The van der Waals surface area contributed by atoms with Crippen LogP contribution in [0, 0.1) is 5.92 Å². The maximum Gasteiger partial charge on any atom is 0.132 e. The number of hydrogen-bond donors (Lipinski definition) is 0. The molecule has 0 aliphatic heterocycles. The Hall–Kier alpha value is -0.330. The van der Waals surface area contributed by atoms with Gasteiger partial charge >= 0.3 is 0 Å². The van der Waals surface area contributed by atoms with Crippen LogP contribution in [-0.2, 0) is 4.79 Å². The van der Waals surface area contributed by atoms with Crippen molar-refractivity contribution in [1.29, 1.82) is 0 Å². The van der Waals surface area contributed by atoms with E-state index in [2.05, 4.69) is 13.8 Å². The van der Waals surface area contributed by atoms with Crippen LogP contribution in [-0.4, -0.2) is 5.78 Å². The molecule has 0 aromatic heterocycles. The molecule has 1 atom stereocenters. The normalized spacial score (nSPS) is 13.2. The third kappa shape index (κ3) is 3.28. The van der Waals surface area contributed by atoms with Gasteiger partial charge in [0, 0.05) is 7.34 Å². The summed E-state index contributed by atoms with van der Waals surface area (Å²) in [5.41, 5.74) is 0. The third-order valence-corrected chi connectivity index (χ3v) is 1.70. The first kappa shape index (κ1) is 8.67. The van der Waals surface area contributed by atoms with Crippen LogP contribution in [0.4, 0.5) is 0 Å². The fourth-order valence-electron chi connectivity index (χ4n) is 1.04. The van der Waals surface area contributed by atoms with Crippen molar-refractivity contribution >= 4 is 5.78 Å².